The quantitative estimate of drug-likeness (QED) is 0.316. The lowest BCUT2D eigenvalue weighted by atomic mass is 10.1. The van der Waals surface area contributed by atoms with E-state index in [1.807, 2.05) is 0 Å². The molecule has 0 atom stereocenters. The van der Waals surface area contributed by atoms with Crippen LogP contribution >= 0.6 is 7.82 Å². The highest BCUT2D eigenvalue weighted by Crippen LogP contribution is 2.40. The predicted molar refractivity (Wildman–Crippen MR) is 58.1 cm³/mol. The molecule has 16 heavy (non-hydrogen) atoms. The zero-order valence-electron chi connectivity index (χ0n) is 8.16. The molecule has 0 heterocycles. The minimum atomic E-state index is -4.69. The van der Waals surface area contributed by atoms with Gasteiger partial charge in [-0.1, -0.05) is 12.6 Å². The van der Waals surface area contributed by atoms with E-state index in [1.54, 1.807) is 0 Å². The van der Waals surface area contributed by atoms with Gasteiger partial charge in [0.05, 0.1) is 5.69 Å². The molecule has 0 aliphatic carbocycles. The highest BCUT2D eigenvalue weighted by Gasteiger charge is 2.19. The van der Waals surface area contributed by atoms with Gasteiger partial charge in [0.15, 0.2) is 11.5 Å². The summed E-state index contributed by atoms with van der Waals surface area (Å²) in [5, 5.41) is 0. The fourth-order valence-corrected chi connectivity index (χ4v) is 1.49. The number of carbonyl (C=O) groups excluding carboxylic acids is 1. The van der Waals surface area contributed by atoms with E-state index >= 15 is 0 Å². The zero-order valence-corrected chi connectivity index (χ0v) is 9.05. The van der Waals surface area contributed by atoms with Crippen molar-refractivity contribution in [2.45, 2.75) is 0 Å². The molecule has 86 valence electrons. The summed E-state index contributed by atoms with van der Waals surface area (Å²) < 4.78 is 14.9. The molecule has 0 spiro atoms. The number of anilines is 1. The number of hydrogen-bond donors (Lipinski definition) is 3. The van der Waals surface area contributed by atoms with Crippen molar-refractivity contribution in [2.75, 3.05) is 5.73 Å². The Kier molecular flexibility index (Phi) is 3.49. The monoisotopic (exact) mass is 243 g/mol. The summed E-state index contributed by atoms with van der Waals surface area (Å²) in [6.07, 6.45) is 1.05. The van der Waals surface area contributed by atoms with Crippen molar-refractivity contribution in [3.8, 4) is 5.75 Å². The van der Waals surface area contributed by atoms with E-state index < -0.39 is 13.6 Å². The topological polar surface area (TPSA) is 110 Å². The second kappa shape index (κ2) is 4.49. The Bertz CT molecular complexity index is 479. The first-order valence-corrected chi connectivity index (χ1v) is 5.68. The van der Waals surface area contributed by atoms with Crippen molar-refractivity contribution in [3.05, 3.63) is 36.4 Å². The first-order valence-electron chi connectivity index (χ1n) is 4.15. The van der Waals surface area contributed by atoms with Crippen LogP contribution in [0.2, 0.25) is 0 Å². The van der Waals surface area contributed by atoms with Gasteiger partial charge in [-0.25, -0.2) is 4.57 Å². The van der Waals surface area contributed by atoms with Crippen LogP contribution in [0.4, 0.5) is 5.69 Å². The second-order valence-electron chi connectivity index (χ2n) is 2.87. The summed E-state index contributed by atoms with van der Waals surface area (Å²) in [6, 6.07) is 4.07. The Balaban J connectivity index is 3.19. The van der Waals surface area contributed by atoms with Crippen LogP contribution in [0.3, 0.4) is 0 Å². The Morgan fingerprint density at radius 1 is 1.50 bits per heavy atom. The van der Waals surface area contributed by atoms with Crippen LogP contribution in [-0.4, -0.2) is 15.6 Å². The Labute approximate surface area is 91.6 Å². The highest BCUT2D eigenvalue weighted by atomic mass is 31.2. The SMILES string of the molecule is C=CC(=O)c1cccc(OP(=O)(O)O)c1N. The van der Waals surface area contributed by atoms with Gasteiger partial charge in [0.2, 0.25) is 0 Å². The van der Waals surface area contributed by atoms with Crippen molar-refractivity contribution < 1.29 is 23.7 Å². The molecule has 6 nitrogen and oxygen atoms in total. The number of allylic oxidation sites excluding steroid dienone is 1. The largest absolute Gasteiger partial charge is 0.524 e. The maximum absolute atomic E-state index is 11.3. The van der Waals surface area contributed by atoms with Crippen LogP contribution in [0.25, 0.3) is 0 Å². The van der Waals surface area contributed by atoms with Crippen molar-refractivity contribution in [3.63, 3.8) is 0 Å². The maximum Gasteiger partial charge on any atom is 0.524 e. The molecule has 0 aromatic heterocycles. The van der Waals surface area contributed by atoms with Crippen molar-refractivity contribution in [2.24, 2.45) is 0 Å². The molecule has 0 saturated heterocycles. The number of carbonyl (C=O) groups is 1. The molecule has 0 bridgehead atoms. The molecular weight excluding hydrogens is 233 g/mol. The number of phosphoric acid groups is 1. The van der Waals surface area contributed by atoms with E-state index in [2.05, 4.69) is 11.1 Å². The lowest BCUT2D eigenvalue weighted by Gasteiger charge is -2.10. The summed E-state index contributed by atoms with van der Waals surface area (Å²) in [7, 11) is -4.69. The molecule has 1 aromatic carbocycles. The second-order valence-corrected chi connectivity index (χ2v) is 4.03. The third-order valence-electron chi connectivity index (χ3n) is 1.73. The summed E-state index contributed by atoms with van der Waals surface area (Å²) in [5.41, 5.74) is 5.49. The average Bonchev–Trinajstić information content (AvgIpc) is 2.18. The Hall–Kier alpha value is -1.62. The molecule has 4 N–H and O–H groups in total. The third kappa shape index (κ3) is 2.93. The highest BCUT2D eigenvalue weighted by molar-refractivity contribution is 7.46. The molecule has 0 fully saturated rings. The number of nitrogen functional groups attached to an aromatic ring is 1. The maximum atomic E-state index is 11.3. The van der Waals surface area contributed by atoms with E-state index in [1.165, 1.54) is 18.2 Å². The minimum absolute atomic E-state index is 0.0842. The van der Waals surface area contributed by atoms with E-state index in [9.17, 15) is 9.36 Å². The lowest BCUT2D eigenvalue weighted by Crippen LogP contribution is -2.03. The fourth-order valence-electron chi connectivity index (χ4n) is 1.08. The van der Waals surface area contributed by atoms with Crippen LogP contribution in [0.5, 0.6) is 5.75 Å². The van der Waals surface area contributed by atoms with Gasteiger partial charge < -0.3 is 10.3 Å². The lowest BCUT2D eigenvalue weighted by molar-refractivity contribution is 0.104. The predicted octanol–water partition coefficient (Wildman–Crippen LogP) is 1.11. The molecule has 0 saturated carbocycles. The minimum Gasteiger partial charge on any atom is -0.402 e. The summed E-state index contributed by atoms with van der Waals surface area (Å²) in [6.45, 7) is 3.28. The van der Waals surface area contributed by atoms with Crippen LogP contribution in [0.1, 0.15) is 10.4 Å². The number of nitrogens with two attached hydrogens (primary N) is 1. The number of rotatable bonds is 4. The van der Waals surface area contributed by atoms with Gasteiger partial charge in [0.25, 0.3) is 0 Å². The molecule has 0 radical (unpaired) electrons. The fraction of sp³-hybridized carbons (Fsp3) is 0. The molecule has 1 aromatic rings. The molecule has 7 heteroatoms. The van der Waals surface area contributed by atoms with Crippen molar-refractivity contribution in [1.29, 1.82) is 0 Å². The van der Waals surface area contributed by atoms with Gasteiger partial charge in [-0.05, 0) is 18.2 Å². The zero-order chi connectivity index (χ0) is 12.3. The van der Waals surface area contributed by atoms with Gasteiger partial charge >= 0.3 is 7.82 Å². The smallest absolute Gasteiger partial charge is 0.402 e. The van der Waals surface area contributed by atoms with E-state index in [0.29, 0.717) is 0 Å². The number of para-hydroxylation sites is 1. The van der Waals surface area contributed by atoms with Gasteiger partial charge in [0.1, 0.15) is 0 Å². The first kappa shape index (κ1) is 12.4. The number of benzene rings is 1. The van der Waals surface area contributed by atoms with E-state index in [0.717, 1.165) is 6.08 Å². The summed E-state index contributed by atoms with van der Waals surface area (Å²) >= 11 is 0. The third-order valence-corrected chi connectivity index (χ3v) is 2.17. The van der Waals surface area contributed by atoms with Crippen LogP contribution < -0.4 is 10.3 Å². The van der Waals surface area contributed by atoms with Crippen LogP contribution in [0, 0.1) is 0 Å². The summed E-state index contributed by atoms with van der Waals surface area (Å²) in [4.78, 5) is 28.5. The van der Waals surface area contributed by atoms with Crippen LogP contribution in [-0.2, 0) is 4.57 Å². The Morgan fingerprint density at radius 2 is 2.12 bits per heavy atom. The van der Waals surface area contributed by atoms with Gasteiger partial charge in [0, 0.05) is 5.56 Å². The molecular formula is C9H10NO5P. The van der Waals surface area contributed by atoms with E-state index in [4.69, 9.17) is 15.5 Å². The molecule has 0 aliphatic heterocycles. The number of hydrogen-bond acceptors (Lipinski definition) is 4. The molecule has 1 rings (SSSR count). The average molecular weight is 243 g/mol. The number of phosphoric ester groups is 1. The van der Waals surface area contributed by atoms with Gasteiger partial charge in [-0.2, -0.15) is 0 Å². The Morgan fingerprint density at radius 3 is 2.62 bits per heavy atom. The molecule has 0 aliphatic rings. The van der Waals surface area contributed by atoms with Crippen molar-refractivity contribution in [1.82, 2.24) is 0 Å². The summed E-state index contributed by atoms with van der Waals surface area (Å²) in [5.74, 6) is -0.685. The number of ketones is 1. The standard InChI is InChI=1S/C9H10NO5P/c1-2-7(11)6-4-3-5-8(9(6)10)15-16(12,13)14/h2-5H,1,10H2,(H2,12,13,14). The first-order chi connectivity index (χ1) is 7.35. The van der Waals surface area contributed by atoms with Crippen LogP contribution in [0.15, 0.2) is 30.9 Å². The molecule has 0 amide bonds. The van der Waals surface area contributed by atoms with Gasteiger partial charge in [-0.15, -0.1) is 0 Å². The van der Waals surface area contributed by atoms with Crippen molar-refractivity contribution >= 4 is 19.3 Å². The molecule has 0 unspecified atom stereocenters. The van der Waals surface area contributed by atoms with E-state index in [-0.39, 0.29) is 17.0 Å². The normalized spacial score (nSPS) is 10.9. The van der Waals surface area contributed by atoms with Gasteiger partial charge in [-0.3, -0.25) is 14.6 Å².